The third-order valence-electron chi connectivity index (χ3n) is 2.90. The summed E-state index contributed by atoms with van der Waals surface area (Å²) < 4.78 is 0. The number of hydrogen-bond acceptors (Lipinski definition) is 3. The molecule has 1 aliphatic rings. The van der Waals surface area contributed by atoms with E-state index >= 15 is 0 Å². The van der Waals surface area contributed by atoms with Gasteiger partial charge in [-0.25, -0.2) is 9.97 Å². The van der Waals surface area contributed by atoms with Crippen molar-refractivity contribution in [2.45, 2.75) is 12.8 Å². The predicted octanol–water partition coefficient (Wildman–Crippen LogP) is 2.49. The van der Waals surface area contributed by atoms with Gasteiger partial charge in [0.05, 0.1) is 18.1 Å². The molecule has 0 bridgehead atoms. The molecule has 90 valence electrons. The fourth-order valence-corrected chi connectivity index (χ4v) is 1.72. The number of benzene rings is 1. The molecule has 1 amide bonds. The van der Waals surface area contributed by atoms with E-state index in [2.05, 4.69) is 15.3 Å². The highest BCUT2D eigenvalue weighted by Gasteiger charge is 2.29. The van der Waals surface area contributed by atoms with E-state index < -0.39 is 0 Å². The summed E-state index contributed by atoms with van der Waals surface area (Å²) >= 11 is 0. The van der Waals surface area contributed by atoms with Gasteiger partial charge in [0.25, 0.3) is 0 Å². The van der Waals surface area contributed by atoms with Gasteiger partial charge in [-0.3, -0.25) is 4.79 Å². The van der Waals surface area contributed by atoms with E-state index in [1.165, 1.54) is 0 Å². The summed E-state index contributed by atoms with van der Waals surface area (Å²) in [7, 11) is 0. The zero-order valence-electron chi connectivity index (χ0n) is 9.84. The molecule has 1 saturated carbocycles. The average molecular weight is 239 g/mol. The van der Waals surface area contributed by atoms with Gasteiger partial charge in [-0.15, -0.1) is 0 Å². The Balaban J connectivity index is 1.74. The van der Waals surface area contributed by atoms with E-state index in [1.54, 1.807) is 12.4 Å². The van der Waals surface area contributed by atoms with E-state index in [1.807, 2.05) is 30.3 Å². The Morgan fingerprint density at radius 1 is 1.11 bits per heavy atom. The molecular formula is C14H13N3O. The molecular weight excluding hydrogens is 226 g/mol. The Hall–Kier alpha value is -2.23. The number of aromatic nitrogens is 2. The maximum atomic E-state index is 11.6. The van der Waals surface area contributed by atoms with E-state index in [9.17, 15) is 4.79 Å². The molecule has 1 aliphatic carbocycles. The third kappa shape index (κ3) is 2.37. The maximum Gasteiger partial charge on any atom is 0.227 e. The Bertz CT molecular complexity index is 547. The SMILES string of the molecule is O=C(Nc1cnc(-c2ccccc2)nc1)C1CC1. The number of nitrogens with one attached hydrogen (secondary N) is 1. The van der Waals surface area contributed by atoms with Crippen LogP contribution in [0.15, 0.2) is 42.7 Å². The number of rotatable bonds is 3. The molecule has 0 saturated heterocycles. The van der Waals surface area contributed by atoms with Crippen molar-refractivity contribution in [3.05, 3.63) is 42.7 Å². The summed E-state index contributed by atoms with van der Waals surface area (Å²) in [6.45, 7) is 0. The quantitative estimate of drug-likeness (QED) is 0.895. The van der Waals surface area contributed by atoms with E-state index in [-0.39, 0.29) is 11.8 Å². The highest BCUT2D eigenvalue weighted by molar-refractivity contribution is 5.93. The standard InChI is InChI=1S/C14H13N3O/c18-14(11-6-7-11)17-12-8-15-13(16-9-12)10-4-2-1-3-5-10/h1-5,8-9,11H,6-7H2,(H,17,18). The number of hydrogen-bond donors (Lipinski definition) is 1. The Morgan fingerprint density at radius 2 is 1.78 bits per heavy atom. The first-order valence-electron chi connectivity index (χ1n) is 6.01. The normalized spacial score (nSPS) is 14.2. The average Bonchev–Trinajstić information content (AvgIpc) is 3.25. The summed E-state index contributed by atoms with van der Waals surface area (Å²) in [6.07, 6.45) is 5.29. The number of amides is 1. The summed E-state index contributed by atoms with van der Waals surface area (Å²) in [5.74, 6) is 0.935. The van der Waals surface area contributed by atoms with Gasteiger partial charge >= 0.3 is 0 Å². The van der Waals surface area contributed by atoms with Gasteiger partial charge < -0.3 is 5.32 Å². The maximum absolute atomic E-state index is 11.6. The Morgan fingerprint density at radius 3 is 2.39 bits per heavy atom. The van der Waals surface area contributed by atoms with Crippen LogP contribution in [0.3, 0.4) is 0 Å². The lowest BCUT2D eigenvalue weighted by Gasteiger charge is -2.04. The molecule has 0 aliphatic heterocycles. The van der Waals surface area contributed by atoms with Gasteiger partial charge in [0.15, 0.2) is 5.82 Å². The van der Waals surface area contributed by atoms with Crippen LogP contribution in [-0.2, 0) is 4.79 Å². The number of carbonyl (C=O) groups is 1. The van der Waals surface area contributed by atoms with Crippen molar-refractivity contribution in [1.29, 1.82) is 0 Å². The first kappa shape index (κ1) is 10.9. The second-order valence-corrected chi connectivity index (χ2v) is 4.42. The van der Waals surface area contributed by atoms with Crippen LogP contribution in [0.2, 0.25) is 0 Å². The minimum Gasteiger partial charge on any atom is -0.323 e. The number of carbonyl (C=O) groups excluding carboxylic acids is 1. The first-order valence-corrected chi connectivity index (χ1v) is 6.01. The Labute approximate surface area is 105 Å². The molecule has 18 heavy (non-hydrogen) atoms. The van der Waals surface area contributed by atoms with Crippen LogP contribution < -0.4 is 5.32 Å². The molecule has 1 fully saturated rings. The minimum absolute atomic E-state index is 0.0751. The molecule has 4 heteroatoms. The van der Waals surface area contributed by atoms with Crippen molar-refractivity contribution >= 4 is 11.6 Å². The highest BCUT2D eigenvalue weighted by Crippen LogP contribution is 2.30. The van der Waals surface area contributed by atoms with Crippen molar-refractivity contribution in [3.8, 4) is 11.4 Å². The molecule has 0 atom stereocenters. The van der Waals surface area contributed by atoms with Crippen molar-refractivity contribution in [2.24, 2.45) is 5.92 Å². The fraction of sp³-hybridized carbons (Fsp3) is 0.214. The molecule has 0 spiro atoms. The van der Waals surface area contributed by atoms with Crippen LogP contribution in [-0.4, -0.2) is 15.9 Å². The second-order valence-electron chi connectivity index (χ2n) is 4.42. The summed E-state index contributed by atoms with van der Waals surface area (Å²) in [6, 6.07) is 9.76. The second kappa shape index (κ2) is 4.56. The zero-order chi connectivity index (χ0) is 12.4. The van der Waals surface area contributed by atoms with Crippen LogP contribution >= 0.6 is 0 Å². The smallest absolute Gasteiger partial charge is 0.227 e. The van der Waals surface area contributed by atoms with Gasteiger partial charge in [-0.1, -0.05) is 30.3 Å². The highest BCUT2D eigenvalue weighted by atomic mass is 16.2. The lowest BCUT2D eigenvalue weighted by atomic mass is 10.2. The van der Waals surface area contributed by atoms with Gasteiger partial charge in [-0.05, 0) is 12.8 Å². The van der Waals surface area contributed by atoms with E-state index in [0.717, 1.165) is 18.4 Å². The van der Waals surface area contributed by atoms with Crippen LogP contribution in [0.1, 0.15) is 12.8 Å². The van der Waals surface area contributed by atoms with Crippen LogP contribution in [0.5, 0.6) is 0 Å². The van der Waals surface area contributed by atoms with Crippen LogP contribution in [0.25, 0.3) is 11.4 Å². The zero-order valence-corrected chi connectivity index (χ0v) is 9.84. The number of nitrogens with zero attached hydrogens (tertiary/aromatic N) is 2. The van der Waals surface area contributed by atoms with Crippen molar-refractivity contribution in [3.63, 3.8) is 0 Å². The molecule has 1 heterocycles. The summed E-state index contributed by atoms with van der Waals surface area (Å²) in [5.41, 5.74) is 1.63. The lowest BCUT2D eigenvalue weighted by molar-refractivity contribution is -0.117. The van der Waals surface area contributed by atoms with Crippen LogP contribution in [0.4, 0.5) is 5.69 Å². The third-order valence-corrected chi connectivity index (χ3v) is 2.90. The van der Waals surface area contributed by atoms with Crippen molar-refractivity contribution < 1.29 is 4.79 Å². The molecule has 1 N–H and O–H groups in total. The predicted molar refractivity (Wildman–Crippen MR) is 68.8 cm³/mol. The molecule has 0 unspecified atom stereocenters. The molecule has 4 nitrogen and oxygen atoms in total. The van der Waals surface area contributed by atoms with Gasteiger partial charge in [0.2, 0.25) is 5.91 Å². The monoisotopic (exact) mass is 239 g/mol. The molecule has 2 aromatic rings. The van der Waals surface area contributed by atoms with Gasteiger partial charge in [-0.2, -0.15) is 0 Å². The van der Waals surface area contributed by atoms with Crippen molar-refractivity contribution in [2.75, 3.05) is 5.32 Å². The molecule has 1 aromatic carbocycles. The molecule has 3 rings (SSSR count). The largest absolute Gasteiger partial charge is 0.323 e. The topological polar surface area (TPSA) is 54.9 Å². The van der Waals surface area contributed by atoms with Crippen molar-refractivity contribution in [1.82, 2.24) is 9.97 Å². The van der Waals surface area contributed by atoms with Gasteiger partial charge in [0.1, 0.15) is 0 Å². The fourth-order valence-electron chi connectivity index (χ4n) is 1.72. The van der Waals surface area contributed by atoms with E-state index in [0.29, 0.717) is 11.5 Å². The lowest BCUT2D eigenvalue weighted by Crippen LogP contribution is -2.13. The Kier molecular flexibility index (Phi) is 2.76. The molecule has 0 radical (unpaired) electrons. The minimum atomic E-state index is 0.0751. The molecule has 1 aromatic heterocycles. The van der Waals surface area contributed by atoms with Gasteiger partial charge in [0, 0.05) is 11.5 Å². The van der Waals surface area contributed by atoms with Crippen LogP contribution in [0, 0.1) is 5.92 Å². The summed E-state index contributed by atoms with van der Waals surface area (Å²) in [5, 5.41) is 2.82. The first-order chi connectivity index (χ1) is 8.83. The van der Waals surface area contributed by atoms with E-state index in [4.69, 9.17) is 0 Å². The summed E-state index contributed by atoms with van der Waals surface area (Å²) in [4.78, 5) is 20.1. The number of anilines is 1.